The highest BCUT2D eigenvalue weighted by Crippen LogP contribution is 2.56. The number of hydrogen-bond donors (Lipinski definition) is 0. The maximum Gasteiger partial charge on any atom is 0.160 e. The Hall–Kier alpha value is -6.26. The van der Waals surface area contributed by atoms with E-state index in [1.54, 1.807) is 0 Å². The van der Waals surface area contributed by atoms with E-state index in [0.717, 1.165) is 55.8 Å². The van der Waals surface area contributed by atoms with E-state index >= 15 is 0 Å². The number of rotatable bonds is 3. The molecule has 8 aromatic rings. The molecule has 224 valence electrons. The third kappa shape index (κ3) is 3.54. The van der Waals surface area contributed by atoms with E-state index in [4.69, 9.17) is 19.1 Å². The molecule has 0 saturated carbocycles. The second kappa shape index (κ2) is 9.63. The highest BCUT2D eigenvalue weighted by atomic mass is 16.5. The summed E-state index contributed by atoms with van der Waals surface area (Å²) in [7, 11) is 0. The van der Waals surface area contributed by atoms with Gasteiger partial charge in [-0.15, -0.1) is 0 Å². The van der Waals surface area contributed by atoms with Crippen LogP contribution in [0.2, 0.25) is 0 Å². The summed E-state index contributed by atoms with van der Waals surface area (Å²) in [6.45, 7) is 0. The average molecular weight is 615 g/mol. The maximum atomic E-state index is 6.61. The Bertz CT molecular complexity index is 2710. The van der Waals surface area contributed by atoms with Gasteiger partial charge in [-0.1, -0.05) is 115 Å². The van der Waals surface area contributed by atoms with Crippen molar-refractivity contribution in [2.75, 3.05) is 0 Å². The third-order valence-corrected chi connectivity index (χ3v) is 10.2. The zero-order valence-electron chi connectivity index (χ0n) is 25.7. The molecular formula is C44H26N2O2. The first kappa shape index (κ1) is 25.9. The molecule has 3 heterocycles. The number of nitrogens with zero attached hydrogens (tertiary/aromatic N) is 2. The second-order valence-corrected chi connectivity index (χ2v) is 12.8. The lowest BCUT2D eigenvalue weighted by atomic mass is 9.87. The molecule has 0 spiro atoms. The zero-order chi connectivity index (χ0) is 31.3. The van der Waals surface area contributed by atoms with Gasteiger partial charge in [0.25, 0.3) is 0 Å². The number of ether oxygens (including phenoxy) is 1. The minimum absolute atomic E-state index is 0.0150. The van der Waals surface area contributed by atoms with Crippen molar-refractivity contribution in [3.05, 3.63) is 151 Å². The van der Waals surface area contributed by atoms with Gasteiger partial charge in [-0.05, 0) is 52.2 Å². The SMILES string of the molecule is C1=CC2Oc3cccc(-c4cc(-c5cc6oc7ccccc7c6c6c5-c5cccc7cccc-6c57)nc(-c5ccccc5)n4)c3C2C=C1. The van der Waals surface area contributed by atoms with Crippen molar-refractivity contribution in [2.24, 2.45) is 0 Å². The minimum atomic E-state index is -0.0150. The maximum absolute atomic E-state index is 6.61. The highest BCUT2D eigenvalue weighted by molar-refractivity contribution is 6.27. The normalized spacial score (nSPS) is 16.8. The van der Waals surface area contributed by atoms with Gasteiger partial charge in [0.05, 0.1) is 11.4 Å². The van der Waals surface area contributed by atoms with Crippen LogP contribution in [0.3, 0.4) is 0 Å². The van der Waals surface area contributed by atoms with Crippen molar-refractivity contribution in [2.45, 2.75) is 12.0 Å². The van der Waals surface area contributed by atoms with E-state index in [2.05, 4.69) is 121 Å². The van der Waals surface area contributed by atoms with Gasteiger partial charge in [-0.2, -0.15) is 0 Å². The smallest absolute Gasteiger partial charge is 0.160 e. The Morgan fingerprint density at radius 2 is 1.27 bits per heavy atom. The average Bonchev–Trinajstić information content (AvgIpc) is 3.82. The molecule has 1 aliphatic heterocycles. The van der Waals surface area contributed by atoms with Gasteiger partial charge in [0.1, 0.15) is 23.0 Å². The van der Waals surface area contributed by atoms with E-state index in [9.17, 15) is 0 Å². The van der Waals surface area contributed by atoms with Crippen LogP contribution in [-0.4, -0.2) is 16.1 Å². The van der Waals surface area contributed by atoms with Crippen LogP contribution in [0.5, 0.6) is 5.75 Å². The summed E-state index contributed by atoms with van der Waals surface area (Å²) in [5, 5.41) is 4.77. The molecule has 2 aromatic heterocycles. The van der Waals surface area contributed by atoms with Crippen LogP contribution in [0, 0.1) is 0 Å². The van der Waals surface area contributed by atoms with Gasteiger partial charge >= 0.3 is 0 Å². The molecule has 0 amide bonds. The molecule has 3 aliphatic rings. The predicted molar refractivity (Wildman–Crippen MR) is 193 cm³/mol. The number of furan rings is 1. The predicted octanol–water partition coefficient (Wildman–Crippen LogP) is 11.1. The lowest BCUT2D eigenvalue weighted by molar-refractivity contribution is 0.269. The fraction of sp³-hybridized carbons (Fsp3) is 0.0455. The first-order valence-corrected chi connectivity index (χ1v) is 16.4. The molecule has 6 aromatic carbocycles. The Labute approximate surface area is 276 Å². The van der Waals surface area contributed by atoms with Crippen molar-refractivity contribution in [1.82, 2.24) is 9.97 Å². The Kier molecular flexibility index (Phi) is 5.19. The van der Waals surface area contributed by atoms with Crippen LogP contribution in [0.1, 0.15) is 11.5 Å². The fourth-order valence-corrected chi connectivity index (χ4v) is 8.16. The summed E-state index contributed by atoms with van der Waals surface area (Å²) < 4.78 is 13.0. The first-order valence-electron chi connectivity index (χ1n) is 16.4. The van der Waals surface area contributed by atoms with E-state index in [-0.39, 0.29) is 12.0 Å². The van der Waals surface area contributed by atoms with Crippen LogP contribution in [0.4, 0.5) is 0 Å². The largest absolute Gasteiger partial charge is 0.485 e. The van der Waals surface area contributed by atoms with E-state index in [0.29, 0.717) is 5.82 Å². The summed E-state index contributed by atoms with van der Waals surface area (Å²) in [5.74, 6) is 1.72. The minimum Gasteiger partial charge on any atom is -0.485 e. The van der Waals surface area contributed by atoms with Crippen molar-refractivity contribution in [3.8, 4) is 61.9 Å². The molecular weight excluding hydrogens is 588 g/mol. The van der Waals surface area contributed by atoms with E-state index in [1.807, 2.05) is 24.3 Å². The van der Waals surface area contributed by atoms with Gasteiger partial charge < -0.3 is 9.15 Å². The Morgan fingerprint density at radius 3 is 2.15 bits per heavy atom. The van der Waals surface area contributed by atoms with Gasteiger partial charge in [0, 0.05) is 50.1 Å². The van der Waals surface area contributed by atoms with Crippen molar-refractivity contribution in [1.29, 1.82) is 0 Å². The van der Waals surface area contributed by atoms with E-state index < -0.39 is 0 Å². The van der Waals surface area contributed by atoms with Crippen LogP contribution in [0.25, 0.3) is 88.9 Å². The third-order valence-electron chi connectivity index (χ3n) is 10.2. The summed E-state index contributed by atoms with van der Waals surface area (Å²) in [6.07, 6.45) is 8.54. The molecule has 0 saturated heterocycles. The molecule has 0 fully saturated rings. The van der Waals surface area contributed by atoms with Crippen LogP contribution < -0.4 is 4.74 Å². The molecule has 2 unspecified atom stereocenters. The molecule has 2 atom stereocenters. The highest BCUT2D eigenvalue weighted by Gasteiger charge is 2.35. The first-order chi connectivity index (χ1) is 23.8. The topological polar surface area (TPSA) is 48.2 Å². The number of aromatic nitrogens is 2. The number of hydrogen-bond acceptors (Lipinski definition) is 4. The monoisotopic (exact) mass is 614 g/mol. The zero-order valence-corrected chi connectivity index (χ0v) is 25.7. The van der Waals surface area contributed by atoms with Crippen molar-refractivity contribution < 1.29 is 9.15 Å². The lowest BCUT2D eigenvalue weighted by Gasteiger charge is -2.17. The molecule has 0 radical (unpaired) electrons. The molecule has 48 heavy (non-hydrogen) atoms. The van der Waals surface area contributed by atoms with Crippen molar-refractivity contribution >= 4 is 32.7 Å². The van der Waals surface area contributed by atoms with E-state index in [1.165, 1.54) is 38.6 Å². The Balaban J connectivity index is 1.24. The standard InChI is InChI=1S/C44H26N2O2/c1-2-11-26(12-3-1)44-45-33(27-17-10-22-37-40(27)28-15-4-6-20-35(28)47-37)24-34(46-44)32-23-38-42(29-16-5-7-21-36(29)48-38)43-31-19-9-14-25-13-8-18-30(39(25)31)41(32)43/h1-24,28,35H. The quantitative estimate of drug-likeness (QED) is 0.199. The summed E-state index contributed by atoms with van der Waals surface area (Å²) >= 11 is 0. The number of benzene rings is 6. The fourth-order valence-electron chi connectivity index (χ4n) is 8.16. The van der Waals surface area contributed by atoms with Gasteiger partial charge in [0.15, 0.2) is 5.82 Å². The van der Waals surface area contributed by atoms with Crippen molar-refractivity contribution in [3.63, 3.8) is 0 Å². The van der Waals surface area contributed by atoms with Crippen LogP contribution >= 0.6 is 0 Å². The molecule has 4 nitrogen and oxygen atoms in total. The number of fused-ring (bicyclic) bond motifs is 10. The summed E-state index contributed by atoms with van der Waals surface area (Å²) in [4.78, 5) is 10.6. The molecule has 0 bridgehead atoms. The van der Waals surface area contributed by atoms with Crippen LogP contribution in [-0.2, 0) is 0 Å². The molecule has 0 N–H and O–H groups in total. The number of allylic oxidation sites excluding steroid dienone is 2. The second-order valence-electron chi connectivity index (χ2n) is 12.8. The van der Waals surface area contributed by atoms with Gasteiger partial charge in [-0.25, -0.2) is 9.97 Å². The Morgan fingerprint density at radius 1 is 0.542 bits per heavy atom. The number of para-hydroxylation sites is 1. The molecule has 11 rings (SSSR count). The summed E-state index contributed by atoms with van der Waals surface area (Å²) in [6, 6.07) is 42.5. The lowest BCUT2D eigenvalue weighted by Crippen LogP contribution is -2.15. The summed E-state index contributed by atoms with van der Waals surface area (Å²) in [5.41, 5.74) is 12.5. The van der Waals surface area contributed by atoms with Crippen LogP contribution in [0.15, 0.2) is 150 Å². The van der Waals surface area contributed by atoms with Gasteiger partial charge in [-0.3, -0.25) is 0 Å². The molecule has 2 aliphatic carbocycles. The molecule has 4 heteroatoms. The van der Waals surface area contributed by atoms with Gasteiger partial charge in [0.2, 0.25) is 0 Å².